The number of carbonyl (C=O) groups is 1. The van der Waals surface area contributed by atoms with Crippen molar-refractivity contribution in [3.8, 4) is 5.75 Å². The van der Waals surface area contributed by atoms with Crippen LogP contribution in [0, 0.1) is 6.92 Å². The van der Waals surface area contributed by atoms with Crippen LogP contribution in [0.4, 0.5) is 5.13 Å². The third kappa shape index (κ3) is 3.69. The molecule has 2 aromatic heterocycles. The molecule has 1 aliphatic rings. The van der Waals surface area contributed by atoms with Gasteiger partial charge in [-0.05, 0) is 51.7 Å². The van der Waals surface area contributed by atoms with Gasteiger partial charge in [-0.1, -0.05) is 0 Å². The van der Waals surface area contributed by atoms with Crippen LogP contribution in [0.25, 0.3) is 16.5 Å². The summed E-state index contributed by atoms with van der Waals surface area (Å²) in [5.74, 6) is 1.65. The minimum atomic E-state index is -0.191. The second-order valence-corrected chi connectivity index (χ2v) is 7.96. The fraction of sp³-hybridized carbons (Fsp3) is 0.364. The van der Waals surface area contributed by atoms with E-state index >= 15 is 0 Å². The number of ether oxygens (including phenoxy) is 1. The molecule has 4 rings (SSSR count). The van der Waals surface area contributed by atoms with Crippen LogP contribution in [-0.4, -0.2) is 17.5 Å². The first-order valence-corrected chi connectivity index (χ1v) is 10.6. The molecule has 1 aliphatic carbocycles. The molecule has 0 fully saturated rings. The molecule has 0 aliphatic heterocycles. The Bertz CT molecular complexity index is 1060. The van der Waals surface area contributed by atoms with Gasteiger partial charge < -0.3 is 9.15 Å². The molecule has 0 saturated heterocycles. The van der Waals surface area contributed by atoms with E-state index in [0.29, 0.717) is 11.7 Å². The monoisotopic (exact) mass is 396 g/mol. The molecule has 146 valence electrons. The average molecular weight is 397 g/mol. The van der Waals surface area contributed by atoms with Crippen LogP contribution in [0.15, 0.2) is 28.0 Å². The molecule has 0 radical (unpaired) electrons. The summed E-state index contributed by atoms with van der Waals surface area (Å²) in [5, 5.41) is 6.49. The van der Waals surface area contributed by atoms with Crippen molar-refractivity contribution in [2.45, 2.75) is 46.5 Å². The Balaban J connectivity index is 1.70. The number of nitrogens with zero attached hydrogens (tertiary/aromatic N) is 1. The lowest BCUT2D eigenvalue weighted by molar-refractivity contribution is -0.111. The van der Waals surface area contributed by atoms with Gasteiger partial charge in [-0.15, -0.1) is 11.3 Å². The summed E-state index contributed by atoms with van der Waals surface area (Å²) < 4.78 is 11.9. The summed E-state index contributed by atoms with van der Waals surface area (Å²) >= 11 is 1.42. The highest BCUT2D eigenvalue weighted by molar-refractivity contribution is 7.13. The molecule has 1 aromatic carbocycles. The van der Waals surface area contributed by atoms with Gasteiger partial charge in [0.15, 0.2) is 5.13 Å². The van der Waals surface area contributed by atoms with E-state index in [0.717, 1.165) is 52.2 Å². The first kappa shape index (κ1) is 18.7. The Hall–Kier alpha value is -2.60. The molecule has 0 bridgehead atoms. The number of aryl methyl sites for hydroxylation is 3. The Morgan fingerprint density at radius 3 is 2.93 bits per heavy atom. The number of fused-ring (bicyclic) bond motifs is 3. The van der Waals surface area contributed by atoms with E-state index in [9.17, 15) is 4.79 Å². The summed E-state index contributed by atoms with van der Waals surface area (Å²) in [6.45, 7) is 6.35. The number of amides is 1. The molecule has 2 heterocycles. The van der Waals surface area contributed by atoms with E-state index in [4.69, 9.17) is 9.15 Å². The van der Waals surface area contributed by atoms with E-state index in [2.05, 4.69) is 16.4 Å². The van der Waals surface area contributed by atoms with E-state index in [1.54, 1.807) is 6.08 Å². The van der Waals surface area contributed by atoms with Crippen molar-refractivity contribution in [2.24, 2.45) is 0 Å². The molecule has 6 heteroatoms. The lowest BCUT2D eigenvalue weighted by Crippen LogP contribution is -2.08. The van der Waals surface area contributed by atoms with Gasteiger partial charge in [0.1, 0.15) is 17.1 Å². The number of benzene rings is 1. The van der Waals surface area contributed by atoms with Crippen LogP contribution < -0.4 is 10.1 Å². The second-order valence-electron chi connectivity index (χ2n) is 7.10. The molecular formula is C22H24N2O3S. The summed E-state index contributed by atoms with van der Waals surface area (Å²) in [7, 11) is 0. The number of hydrogen-bond donors (Lipinski definition) is 1. The minimum Gasteiger partial charge on any atom is -0.493 e. The van der Waals surface area contributed by atoms with E-state index < -0.39 is 0 Å². The highest BCUT2D eigenvalue weighted by atomic mass is 32.1. The molecular weight excluding hydrogens is 372 g/mol. The highest BCUT2D eigenvalue weighted by Crippen LogP contribution is 2.38. The lowest BCUT2D eigenvalue weighted by Gasteiger charge is -2.12. The van der Waals surface area contributed by atoms with Crippen molar-refractivity contribution in [1.29, 1.82) is 0 Å². The number of furan rings is 1. The van der Waals surface area contributed by atoms with E-state index in [1.807, 2.05) is 32.2 Å². The van der Waals surface area contributed by atoms with Gasteiger partial charge in [-0.25, -0.2) is 4.98 Å². The van der Waals surface area contributed by atoms with Gasteiger partial charge >= 0.3 is 0 Å². The maximum absolute atomic E-state index is 12.4. The van der Waals surface area contributed by atoms with Gasteiger partial charge in [0.25, 0.3) is 0 Å². The van der Waals surface area contributed by atoms with Gasteiger partial charge in [0, 0.05) is 40.5 Å². The number of anilines is 1. The van der Waals surface area contributed by atoms with Crippen molar-refractivity contribution in [1.82, 2.24) is 4.98 Å². The van der Waals surface area contributed by atoms with Crippen molar-refractivity contribution < 1.29 is 13.9 Å². The van der Waals surface area contributed by atoms with Crippen LogP contribution in [0.3, 0.4) is 0 Å². The topological polar surface area (TPSA) is 64.4 Å². The quantitative estimate of drug-likeness (QED) is 0.577. The normalized spacial score (nSPS) is 14.2. The molecule has 0 saturated carbocycles. The van der Waals surface area contributed by atoms with Gasteiger partial charge in [-0.3, -0.25) is 10.1 Å². The maximum Gasteiger partial charge on any atom is 0.250 e. The predicted molar refractivity (Wildman–Crippen MR) is 113 cm³/mol. The minimum absolute atomic E-state index is 0.191. The van der Waals surface area contributed by atoms with Crippen molar-refractivity contribution in [3.05, 3.63) is 46.2 Å². The SMILES string of the molecule is CCOc1cc2oc3c(c2cc1/C(C)=C/C(=O)Nc1nc(C)cs1)CCCC3. The van der Waals surface area contributed by atoms with Gasteiger partial charge in [0.2, 0.25) is 5.91 Å². The first-order chi connectivity index (χ1) is 13.5. The van der Waals surface area contributed by atoms with Gasteiger partial charge in [-0.2, -0.15) is 0 Å². The lowest BCUT2D eigenvalue weighted by atomic mass is 9.94. The van der Waals surface area contributed by atoms with Crippen LogP contribution >= 0.6 is 11.3 Å². The first-order valence-electron chi connectivity index (χ1n) is 9.68. The molecule has 1 N–H and O–H groups in total. The predicted octanol–water partition coefficient (Wildman–Crippen LogP) is 5.52. The van der Waals surface area contributed by atoms with Crippen LogP contribution in [0.1, 0.15) is 49.3 Å². The number of hydrogen-bond acceptors (Lipinski definition) is 5. The molecule has 3 aromatic rings. The standard InChI is InChI=1S/C22H24N2O3S/c1-4-26-19-11-20-17(15-7-5-6-8-18(15)27-20)10-16(19)13(2)9-21(25)24-22-23-14(3)12-28-22/h9-12H,4-8H2,1-3H3,(H,23,24,25)/b13-9+. The number of nitrogens with one attached hydrogen (secondary N) is 1. The van der Waals surface area contributed by atoms with Crippen molar-refractivity contribution in [2.75, 3.05) is 11.9 Å². The largest absolute Gasteiger partial charge is 0.493 e. The number of thiazole rings is 1. The number of allylic oxidation sites excluding steroid dienone is 1. The summed E-state index contributed by atoms with van der Waals surface area (Å²) in [6, 6.07) is 4.08. The van der Waals surface area contributed by atoms with E-state index in [1.165, 1.54) is 29.7 Å². The van der Waals surface area contributed by atoms with Crippen LogP contribution in [0.2, 0.25) is 0 Å². The summed E-state index contributed by atoms with van der Waals surface area (Å²) in [5.41, 5.74) is 4.85. The molecule has 0 unspecified atom stereocenters. The Kier molecular flexibility index (Phi) is 5.22. The number of rotatable bonds is 5. The zero-order valence-electron chi connectivity index (χ0n) is 16.4. The van der Waals surface area contributed by atoms with Crippen molar-refractivity contribution in [3.63, 3.8) is 0 Å². The third-order valence-corrected chi connectivity index (χ3v) is 5.85. The number of aromatic nitrogens is 1. The summed E-state index contributed by atoms with van der Waals surface area (Å²) in [6.07, 6.45) is 6.01. The summed E-state index contributed by atoms with van der Waals surface area (Å²) in [4.78, 5) is 16.7. The van der Waals surface area contributed by atoms with Crippen LogP contribution in [0.5, 0.6) is 5.75 Å². The third-order valence-electron chi connectivity index (χ3n) is 4.98. The molecule has 0 spiro atoms. The Morgan fingerprint density at radius 2 is 2.18 bits per heavy atom. The fourth-order valence-corrected chi connectivity index (χ4v) is 4.39. The average Bonchev–Trinajstić information content (AvgIpc) is 3.23. The second kappa shape index (κ2) is 7.80. The van der Waals surface area contributed by atoms with Gasteiger partial charge in [0.05, 0.1) is 12.3 Å². The molecule has 28 heavy (non-hydrogen) atoms. The Labute approximate surface area is 168 Å². The Morgan fingerprint density at radius 1 is 1.36 bits per heavy atom. The zero-order valence-corrected chi connectivity index (χ0v) is 17.2. The van der Waals surface area contributed by atoms with Crippen LogP contribution in [-0.2, 0) is 17.6 Å². The van der Waals surface area contributed by atoms with Crippen molar-refractivity contribution >= 4 is 38.9 Å². The highest BCUT2D eigenvalue weighted by Gasteiger charge is 2.20. The smallest absolute Gasteiger partial charge is 0.250 e. The zero-order chi connectivity index (χ0) is 19.7. The fourth-order valence-electron chi connectivity index (χ4n) is 3.70. The molecule has 0 atom stereocenters. The van der Waals surface area contributed by atoms with E-state index in [-0.39, 0.29) is 5.91 Å². The maximum atomic E-state index is 12.4. The molecule has 1 amide bonds. The number of carbonyl (C=O) groups excluding carboxylic acids is 1. The molecule has 5 nitrogen and oxygen atoms in total.